The van der Waals surface area contributed by atoms with Gasteiger partial charge in [0.25, 0.3) is 11.8 Å². The number of aryl methyl sites for hydroxylation is 1. The number of nitrogens with zero attached hydrogens (tertiary/aromatic N) is 2. The summed E-state index contributed by atoms with van der Waals surface area (Å²) in [5.41, 5.74) is 4.82. The molecule has 30 heavy (non-hydrogen) atoms. The second kappa shape index (κ2) is 8.88. The van der Waals surface area contributed by atoms with Crippen LogP contribution in [0, 0.1) is 13.8 Å². The third-order valence-electron chi connectivity index (χ3n) is 6.12. The van der Waals surface area contributed by atoms with Crippen LogP contribution in [0.1, 0.15) is 34.3 Å². The van der Waals surface area contributed by atoms with Crippen LogP contribution in [-0.2, 0) is 9.53 Å². The predicted octanol–water partition coefficient (Wildman–Crippen LogP) is 3.51. The fraction of sp³-hybridized carbons (Fsp3) is 0.417. The minimum absolute atomic E-state index is 0.00683. The average Bonchev–Trinajstić information content (AvgIpc) is 3.31. The minimum Gasteiger partial charge on any atom is -0.368 e. The van der Waals surface area contributed by atoms with E-state index in [1.165, 1.54) is 11.1 Å². The highest BCUT2D eigenvalue weighted by atomic mass is 16.5. The van der Waals surface area contributed by atoms with Crippen molar-refractivity contribution in [2.75, 3.05) is 38.1 Å². The molecular formula is C24H29N3O3. The lowest BCUT2D eigenvalue weighted by molar-refractivity contribution is -0.142. The molecule has 1 N–H and O–H groups in total. The Kier molecular flexibility index (Phi) is 6.04. The zero-order valence-corrected chi connectivity index (χ0v) is 17.7. The van der Waals surface area contributed by atoms with Gasteiger partial charge in [0.2, 0.25) is 0 Å². The van der Waals surface area contributed by atoms with Crippen molar-refractivity contribution in [1.82, 2.24) is 9.80 Å². The molecule has 0 radical (unpaired) electrons. The largest absolute Gasteiger partial charge is 0.368 e. The number of para-hydroxylation sites is 1. The molecule has 2 aliphatic heterocycles. The van der Waals surface area contributed by atoms with Crippen molar-refractivity contribution in [2.24, 2.45) is 0 Å². The highest BCUT2D eigenvalue weighted by Gasteiger charge is 2.31. The molecule has 0 aromatic heterocycles. The molecule has 0 saturated carbocycles. The van der Waals surface area contributed by atoms with Gasteiger partial charge in [-0.25, -0.2) is 0 Å². The lowest BCUT2D eigenvalue weighted by atomic mass is 10.1. The number of anilines is 2. The van der Waals surface area contributed by atoms with Gasteiger partial charge in [-0.15, -0.1) is 0 Å². The normalized spacial score (nSPS) is 19.1. The van der Waals surface area contributed by atoms with E-state index >= 15 is 0 Å². The monoisotopic (exact) mass is 407 g/mol. The quantitative estimate of drug-likeness (QED) is 0.843. The van der Waals surface area contributed by atoms with Crippen LogP contribution in [-0.4, -0.2) is 60.5 Å². The molecule has 0 spiro atoms. The van der Waals surface area contributed by atoms with Crippen LogP contribution in [0.5, 0.6) is 0 Å². The smallest absolute Gasteiger partial charge is 0.256 e. The molecule has 2 aliphatic rings. The van der Waals surface area contributed by atoms with E-state index in [1.54, 1.807) is 0 Å². The van der Waals surface area contributed by atoms with Gasteiger partial charge in [-0.05, 0) is 56.0 Å². The highest BCUT2D eigenvalue weighted by molar-refractivity contribution is 6.00. The first-order valence-electron chi connectivity index (χ1n) is 10.7. The van der Waals surface area contributed by atoms with Crippen molar-refractivity contribution < 1.29 is 14.3 Å². The number of carbonyl (C=O) groups is 2. The predicted molar refractivity (Wildman–Crippen MR) is 117 cm³/mol. The van der Waals surface area contributed by atoms with Crippen molar-refractivity contribution in [3.63, 3.8) is 0 Å². The Morgan fingerprint density at radius 1 is 0.933 bits per heavy atom. The van der Waals surface area contributed by atoms with E-state index in [0.717, 1.165) is 24.2 Å². The number of nitrogens with one attached hydrogen (secondary N) is 1. The van der Waals surface area contributed by atoms with E-state index in [0.29, 0.717) is 38.3 Å². The third-order valence-corrected chi connectivity index (χ3v) is 6.12. The van der Waals surface area contributed by atoms with Gasteiger partial charge in [-0.2, -0.15) is 0 Å². The summed E-state index contributed by atoms with van der Waals surface area (Å²) >= 11 is 0. The zero-order valence-electron chi connectivity index (χ0n) is 17.7. The Hall–Kier alpha value is -2.86. The lowest BCUT2D eigenvalue weighted by Gasteiger charge is -2.36. The summed E-state index contributed by atoms with van der Waals surface area (Å²) in [6, 6.07) is 13.7. The topological polar surface area (TPSA) is 61.9 Å². The summed E-state index contributed by atoms with van der Waals surface area (Å²) in [4.78, 5) is 29.5. The molecule has 2 aromatic carbocycles. The van der Waals surface area contributed by atoms with Gasteiger partial charge in [0.15, 0.2) is 0 Å². The van der Waals surface area contributed by atoms with Gasteiger partial charge in [0.05, 0.1) is 11.3 Å². The lowest BCUT2D eigenvalue weighted by Crippen LogP contribution is -2.52. The van der Waals surface area contributed by atoms with Gasteiger partial charge < -0.3 is 19.9 Å². The van der Waals surface area contributed by atoms with Crippen LogP contribution in [0.4, 0.5) is 11.4 Å². The number of hydrogen-bond donors (Lipinski definition) is 1. The minimum atomic E-state index is -0.297. The van der Waals surface area contributed by atoms with Crippen LogP contribution in [0.25, 0.3) is 0 Å². The Balaban J connectivity index is 1.44. The van der Waals surface area contributed by atoms with E-state index in [-0.39, 0.29) is 17.9 Å². The highest BCUT2D eigenvalue weighted by Crippen LogP contribution is 2.26. The molecule has 6 heteroatoms. The van der Waals surface area contributed by atoms with Gasteiger partial charge >= 0.3 is 0 Å². The molecule has 0 aliphatic carbocycles. The number of carbonyl (C=O) groups excluding carboxylic acids is 2. The first-order valence-corrected chi connectivity index (χ1v) is 10.7. The van der Waals surface area contributed by atoms with Gasteiger partial charge in [-0.3, -0.25) is 9.59 Å². The molecule has 2 amide bonds. The van der Waals surface area contributed by atoms with Crippen molar-refractivity contribution in [3.8, 4) is 0 Å². The van der Waals surface area contributed by atoms with Gasteiger partial charge in [-0.1, -0.05) is 24.3 Å². The first kappa shape index (κ1) is 20.4. The molecule has 4 rings (SSSR count). The first-order chi connectivity index (χ1) is 14.5. The van der Waals surface area contributed by atoms with E-state index < -0.39 is 0 Å². The molecule has 0 bridgehead atoms. The van der Waals surface area contributed by atoms with Crippen LogP contribution >= 0.6 is 0 Å². The number of hydrogen-bond acceptors (Lipinski definition) is 4. The number of rotatable bonds is 4. The Morgan fingerprint density at radius 3 is 2.37 bits per heavy atom. The Morgan fingerprint density at radius 2 is 1.63 bits per heavy atom. The van der Waals surface area contributed by atoms with Crippen LogP contribution < -0.4 is 5.32 Å². The number of piperazine rings is 1. The fourth-order valence-electron chi connectivity index (χ4n) is 4.09. The molecule has 2 heterocycles. The second-order valence-electron chi connectivity index (χ2n) is 8.04. The summed E-state index contributed by atoms with van der Waals surface area (Å²) in [5, 5.41) is 3.44. The van der Waals surface area contributed by atoms with Crippen LogP contribution in [0.2, 0.25) is 0 Å². The van der Waals surface area contributed by atoms with Crippen LogP contribution in [0.15, 0.2) is 42.5 Å². The van der Waals surface area contributed by atoms with Crippen molar-refractivity contribution in [3.05, 3.63) is 59.2 Å². The molecular weight excluding hydrogens is 378 g/mol. The van der Waals surface area contributed by atoms with Crippen LogP contribution in [0.3, 0.4) is 0 Å². The van der Waals surface area contributed by atoms with Gasteiger partial charge in [0.1, 0.15) is 6.10 Å². The maximum Gasteiger partial charge on any atom is 0.256 e. The van der Waals surface area contributed by atoms with E-state index in [1.807, 2.05) is 46.2 Å². The average molecular weight is 408 g/mol. The maximum atomic E-state index is 13.3. The SMILES string of the molecule is Cc1cccc(Nc2ccccc2C(=O)N2CCN(C(=O)[C@H]3CCCO3)CC2)c1C. The Bertz CT molecular complexity index is 929. The molecule has 158 valence electrons. The summed E-state index contributed by atoms with van der Waals surface area (Å²) < 4.78 is 5.52. The fourth-order valence-corrected chi connectivity index (χ4v) is 4.09. The molecule has 2 aromatic rings. The third kappa shape index (κ3) is 4.19. The van der Waals surface area contributed by atoms with Crippen molar-refractivity contribution in [1.29, 1.82) is 0 Å². The van der Waals surface area contributed by atoms with Crippen molar-refractivity contribution in [2.45, 2.75) is 32.8 Å². The number of amides is 2. The number of ether oxygens (including phenoxy) is 1. The molecule has 0 unspecified atom stereocenters. The molecule has 2 saturated heterocycles. The molecule has 2 fully saturated rings. The van der Waals surface area contributed by atoms with Crippen molar-refractivity contribution >= 4 is 23.2 Å². The summed E-state index contributed by atoms with van der Waals surface area (Å²) in [7, 11) is 0. The molecule has 6 nitrogen and oxygen atoms in total. The van der Waals surface area contributed by atoms with Gasteiger partial charge in [0, 0.05) is 38.5 Å². The van der Waals surface area contributed by atoms with E-state index in [4.69, 9.17) is 4.74 Å². The molecule has 1 atom stereocenters. The van der Waals surface area contributed by atoms with E-state index in [9.17, 15) is 9.59 Å². The Labute approximate surface area is 177 Å². The summed E-state index contributed by atoms with van der Waals surface area (Å²) in [5.74, 6) is 0.0595. The number of benzene rings is 2. The summed E-state index contributed by atoms with van der Waals surface area (Å²) in [6.07, 6.45) is 1.45. The maximum absolute atomic E-state index is 13.3. The second-order valence-corrected chi connectivity index (χ2v) is 8.04. The standard InChI is InChI=1S/C24H29N3O3/c1-17-7-5-10-20(18(17)2)25-21-9-4-3-8-19(21)23(28)26-12-14-27(15-13-26)24(29)22-11-6-16-30-22/h3-5,7-10,22,25H,6,11-16H2,1-2H3/t22-/m1/s1. The van der Waals surface area contributed by atoms with E-state index in [2.05, 4.69) is 25.2 Å². The zero-order chi connectivity index (χ0) is 21.1. The summed E-state index contributed by atoms with van der Waals surface area (Å²) in [6.45, 7) is 7.00.